The van der Waals surface area contributed by atoms with Gasteiger partial charge in [-0.3, -0.25) is 19.7 Å². The summed E-state index contributed by atoms with van der Waals surface area (Å²) in [5, 5.41) is 12.9. The fourth-order valence-corrected chi connectivity index (χ4v) is 6.19. The number of hydrogen-bond acceptors (Lipinski definition) is 6. The zero-order valence-electron chi connectivity index (χ0n) is 18.0. The molecule has 3 aromatic rings. The smallest absolute Gasteiger partial charge is 0.337 e. The fourth-order valence-electron chi connectivity index (χ4n) is 6.19. The van der Waals surface area contributed by atoms with Gasteiger partial charge in [-0.2, -0.15) is 0 Å². The van der Waals surface area contributed by atoms with Crippen molar-refractivity contribution in [1.29, 1.82) is 0 Å². The van der Waals surface area contributed by atoms with Crippen molar-refractivity contribution in [2.45, 2.75) is 11.5 Å². The number of carbonyl (C=O) groups is 3. The van der Waals surface area contributed by atoms with Gasteiger partial charge in [0.15, 0.2) is 0 Å². The molecule has 0 radical (unpaired) electrons. The van der Waals surface area contributed by atoms with Gasteiger partial charge in [-0.05, 0) is 29.3 Å². The minimum absolute atomic E-state index is 0.175. The van der Waals surface area contributed by atoms with Gasteiger partial charge in [0.2, 0.25) is 11.8 Å². The molecule has 0 saturated carbocycles. The van der Waals surface area contributed by atoms with Gasteiger partial charge in [0, 0.05) is 22.0 Å². The summed E-state index contributed by atoms with van der Waals surface area (Å²) in [6, 6.07) is 20.0. The van der Waals surface area contributed by atoms with Crippen molar-refractivity contribution in [3.8, 4) is 0 Å². The number of carbonyl (C=O) groups excluding carboxylic acids is 3. The standard InChI is InChI=1S/C26H18N2O6/c1-34-25(31)14-7-6-8-15(13-14)27-23(29)21-20-16-9-2-4-11-18(16)26(28(32)33,22(21)24(27)30)19-12-5-3-10-17(19)20/h2-13,20-22H,1H3/t20?,21-,22+,26?/m1/s1. The Kier molecular flexibility index (Phi) is 4.08. The Balaban J connectivity index is 1.61. The monoisotopic (exact) mass is 454 g/mol. The van der Waals surface area contributed by atoms with Crippen molar-refractivity contribution in [2.75, 3.05) is 12.0 Å². The van der Waals surface area contributed by atoms with E-state index in [9.17, 15) is 24.5 Å². The average molecular weight is 454 g/mol. The summed E-state index contributed by atoms with van der Waals surface area (Å²) in [4.78, 5) is 53.3. The number of methoxy groups -OCH3 is 1. The van der Waals surface area contributed by atoms with E-state index < -0.39 is 46.0 Å². The average Bonchev–Trinajstić information content (AvgIpc) is 3.14. The number of ether oxygens (including phenoxy) is 1. The normalized spacial score (nSPS) is 26.0. The van der Waals surface area contributed by atoms with Crippen LogP contribution in [0.3, 0.4) is 0 Å². The lowest BCUT2D eigenvalue weighted by molar-refractivity contribution is -0.578. The SMILES string of the molecule is COC(=O)c1cccc(N2C(=O)[C@@H]3C4c5ccccc5C([N+](=O)[O-])(c5ccccc54)[C@@H]3C2=O)c1. The second kappa shape index (κ2) is 6.84. The van der Waals surface area contributed by atoms with Gasteiger partial charge in [0.05, 0.1) is 24.3 Å². The number of anilines is 1. The molecule has 8 nitrogen and oxygen atoms in total. The zero-order chi connectivity index (χ0) is 23.8. The highest BCUT2D eigenvalue weighted by Crippen LogP contribution is 2.64. The van der Waals surface area contributed by atoms with Crippen molar-refractivity contribution in [1.82, 2.24) is 0 Å². The minimum Gasteiger partial charge on any atom is -0.465 e. The lowest BCUT2D eigenvalue weighted by atomic mass is 9.51. The molecule has 7 rings (SSSR count). The lowest BCUT2D eigenvalue weighted by Crippen LogP contribution is -2.57. The molecular weight excluding hydrogens is 436 g/mol. The van der Waals surface area contributed by atoms with E-state index in [0.717, 1.165) is 4.90 Å². The van der Waals surface area contributed by atoms with E-state index >= 15 is 0 Å². The van der Waals surface area contributed by atoms with Crippen LogP contribution in [0.1, 0.15) is 38.5 Å². The molecule has 0 aromatic heterocycles. The van der Waals surface area contributed by atoms with Crippen LogP contribution in [0.5, 0.6) is 0 Å². The van der Waals surface area contributed by atoms with Gasteiger partial charge < -0.3 is 4.74 Å². The maximum atomic E-state index is 13.9. The maximum absolute atomic E-state index is 13.9. The van der Waals surface area contributed by atoms with E-state index in [2.05, 4.69) is 0 Å². The Morgan fingerprint density at radius 2 is 1.56 bits per heavy atom. The second-order valence-corrected chi connectivity index (χ2v) is 8.73. The third-order valence-corrected chi connectivity index (χ3v) is 7.39. The van der Waals surface area contributed by atoms with Crippen molar-refractivity contribution < 1.29 is 24.0 Å². The van der Waals surface area contributed by atoms with Gasteiger partial charge in [0.1, 0.15) is 5.92 Å². The third-order valence-electron chi connectivity index (χ3n) is 7.39. The highest BCUT2D eigenvalue weighted by molar-refractivity contribution is 6.23. The van der Waals surface area contributed by atoms with Gasteiger partial charge >= 0.3 is 5.97 Å². The summed E-state index contributed by atoms with van der Waals surface area (Å²) in [6.45, 7) is 0. The highest BCUT2D eigenvalue weighted by atomic mass is 16.6. The van der Waals surface area contributed by atoms with E-state index in [0.29, 0.717) is 22.3 Å². The predicted molar refractivity (Wildman–Crippen MR) is 120 cm³/mol. The van der Waals surface area contributed by atoms with Crippen LogP contribution in [0.4, 0.5) is 5.69 Å². The van der Waals surface area contributed by atoms with E-state index in [-0.39, 0.29) is 11.3 Å². The molecule has 3 aliphatic carbocycles. The minimum atomic E-state index is -1.88. The molecule has 4 aliphatic rings. The molecule has 168 valence electrons. The van der Waals surface area contributed by atoms with E-state index in [1.807, 2.05) is 12.1 Å². The number of hydrogen-bond donors (Lipinski definition) is 0. The number of nitrogens with zero attached hydrogens (tertiary/aromatic N) is 2. The molecule has 8 heteroatoms. The number of esters is 1. The first kappa shape index (κ1) is 20.3. The molecule has 1 fully saturated rings. The lowest BCUT2D eigenvalue weighted by Gasteiger charge is -2.48. The summed E-state index contributed by atoms with van der Waals surface area (Å²) in [5.41, 5.74) is 0.796. The Labute approximate surface area is 193 Å². The van der Waals surface area contributed by atoms with Gasteiger partial charge in [0.25, 0.3) is 5.54 Å². The van der Waals surface area contributed by atoms with Gasteiger partial charge in [-0.1, -0.05) is 54.6 Å². The summed E-state index contributed by atoms with van der Waals surface area (Å²) in [6.07, 6.45) is 0. The molecular formula is C26H18N2O6. The first-order valence-corrected chi connectivity index (χ1v) is 10.8. The number of amides is 2. The Morgan fingerprint density at radius 1 is 0.941 bits per heavy atom. The van der Waals surface area contributed by atoms with Crippen LogP contribution >= 0.6 is 0 Å². The van der Waals surface area contributed by atoms with Crippen molar-refractivity contribution in [3.63, 3.8) is 0 Å². The van der Waals surface area contributed by atoms with Gasteiger partial charge in [-0.25, -0.2) is 9.69 Å². The molecule has 2 bridgehead atoms. The van der Waals surface area contributed by atoms with Crippen LogP contribution in [0, 0.1) is 22.0 Å². The van der Waals surface area contributed by atoms with Crippen LogP contribution in [-0.4, -0.2) is 29.8 Å². The zero-order valence-corrected chi connectivity index (χ0v) is 18.0. The molecule has 1 saturated heterocycles. The van der Waals surface area contributed by atoms with E-state index in [4.69, 9.17) is 4.74 Å². The quantitative estimate of drug-likeness (QED) is 0.260. The van der Waals surface area contributed by atoms with Crippen LogP contribution in [-0.2, 0) is 19.9 Å². The molecule has 34 heavy (non-hydrogen) atoms. The van der Waals surface area contributed by atoms with E-state index in [1.165, 1.54) is 19.2 Å². The Morgan fingerprint density at radius 3 is 2.15 bits per heavy atom. The Hall–Kier alpha value is -4.33. The molecule has 2 amide bonds. The first-order valence-electron chi connectivity index (χ1n) is 10.8. The number of rotatable bonds is 3. The molecule has 2 atom stereocenters. The first-order chi connectivity index (χ1) is 16.4. The van der Waals surface area contributed by atoms with Crippen molar-refractivity contribution in [3.05, 3.63) is 111 Å². The third kappa shape index (κ3) is 2.24. The van der Waals surface area contributed by atoms with Crippen LogP contribution in [0.25, 0.3) is 0 Å². The summed E-state index contributed by atoms with van der Waals surface area (Å²) < 4.78 is 4.76. The predicted octanol–water partition coefficient (Wildman–Crippen LogP) is 3.26. The molecule has 0 spiro atoms. The maximum Gasteiger partial charge on any atom is 0.337 e. The Bertz CT molecular complexity index is 1380. The van der Waals surface area contributed by atoms with Gasteiger partial charge in [-0.15, -0.1) is 0 Å². The van der Waals surface area contributed by atoms with Crippen LogP contribution in [0.15, 0.2) is 72.8 Å². The van der Waals surface area contributed by atoms with Crippen molar-refractivity contribution >= 4 is 23.5 Å². The van der Waals surface area contributed by atoms with Crippen molar-refractivity contribution in [2.24, 2.45) is 11.8 Å². The second-order valence-electron chi connectivity index (χ2n) is 8.73. The van der Waals surface area contributed by atoms with Crippen LogP contribution < -0.4 is 4.90 Å². The summed E-state index contributed by atoms with van der Waals surface area (Å²) >= 11 is 0. The largest absolute Gasteiger partial charge is 0.465 e. The van der Waals surface area contributed by atoms with E-state index in [1.54, 1.807) is 48.5 Å². The molecule has 0 N–H and O–H groups in total. The summed E-state index contributed by atoms with van der Waals surface area (Å²) in [7, 11) is 1.24. The number of imide groups is 1. The molecule has 3 aromatic carbocycles. The fraction of sp³-hybridized carbons (Fsp3) is 0.192. The highest BCUT2D eigenvalue weighted by Gasteiger charge is 2.74. The summed E-state index contributed by atoms with van der Waals surface area (Å²) in [5.74, 6) is -4.36. The van der Waals surface area contributed by atoms with Crippen LogP contribution in [0.2, 0.25) is 0 Å². The number of nitro groups is 1. The molecule has 0 unspecified atom stereocenters. The molecule has 1 aliphatic heterocycles. The topological polar surface area (TPSA) is 107 Å². The number of benzene rings is 3. The molecule has 1 heterocycles.